The molecule has 4 heterocycles. The van der Waals surface area contributed by atoms with E-state index in [1.165, 1.54) is 16.9 Å². The van der Waals surface area contributed by atoms with E-state index in [-0.39, 0.29) is 50.3 Å². The predicted octanol–water partition coefficient (Wildman–Crippen LogP) is 3.79. The highest BCUT2D eigenvalue weighted by molar-refractivity contribution is 5.88. The molecule has 2 aromatic carbocycles. The van der Waals surface area contributed by atoms with Gasteiger partial charge in [-0.2, -0.15) is 0 Å². The Kier molecular flexibility index (Phi) is 12.5. The minimum absolute atomic E-state index is 0.211. The van der Waals surface area contributed by atoms with Crippen LogP contribution in [0.4, 0.5) is 4.79 Å². The SMILES string of the molecule is COC(=O)[C@@H]1C[C@@H](c2nc(-c3ccccc3)co2)CN1C(=O)CNC(=O)OC(C)(C)C.NCC(=O)N1C[C@H](c2nc(-c3ccccc3)co2)C[C@H]1C(=O)O. The van der Waals surface area contributed by atoms with Gasteiger partial charge >= 0.3 is 18.0 Å². The van der Waals surface area contributed by atoms with Crippen molar-refractivity contribution in [3.63, 3.8) is 0 Å². The van der Waals surface area contributed by atoms with Crippen molar-refractivity contribution < 1.29 is 47.4 Å². The Labute approximate surface area is 311 Å². The first kappa shape index (κ1) is 39.2. The number of ether oxygens (including phenoxy) is 2. The molecule has 2 aliphatic rings. The molecule has 4 atom stereocenters. The molecular formula is C38H44N6O10. The fraction of sp³-hybridized carbons (Fsp3) is 0.395. The van der Waals surface area contributed by atoms with Crippen molar-refractivity contribution in [2.75, 3.05) is 33.3 Å². The van der Waals surface area contributed by atoms with Gasteiger partial charge in [0.1, 0.15) is 48.1 Å². The summed E-state index contributed by atoms with van der Waals surface area (Å²) in [4.78, 5) is 71.7. The number of nitrogens with one attached hydrogen (secondary N) is 1. The Morgan fingerprint density at radius 3 is 1.74 bits per heavy atom. The summed E-state index contributed by atoms with van der Waals surface area (Å²) in [5, 5.41) is 11.7. The summed E-state index contributed by atoms with van der Waals surface area (Å²) in [6.45, 7) is 5.16. The molecule has 286 valence electrons. The molecule has 2 aromatic heterocycles. The molecule has 4 N–H and O–H groups in total. The number of rotatable bonds is 9. The molecule has 2 fully saturated rings. The van der Waals surface area contributed by atoms with Crippen molar-refractivity contribution in [3.05, 3.63) is 85.0 Å². The zero-order valence-corrected chi connectivity index (χ0v) is 30.5. The van der Waals surface area contributed by atoms with Crippen molar-refractivity contribution in [2.45, 2.75) is 63.1 Å². The van der Waals surface area contributed by atoms with E-state index in [9.17, 15) is 29.1 Å². The van der Waals surface area contributed by atoms with Crippen molar-refractivity contribution in [3.8, 4) is 22.5 Å². The lowest BCUT2D eigenvalue weighted by Gasteiger charge is -2.23. The second kappa shape index (κ2) is 17.2. The van der Waals surface area contributed by atoms with Gasteiger partial charge in [0.15, 0.2) is 11.8 Å². The quantitative estimate of drug-likeness (QED) is 0.208. The number of esters is 1. The number of hydrogen-bond donors (Lipinski definition) is 3. The first-order chi connectivity index (χ1) is 25.8. The van der Waals surface area contributed by atoms with Crippen molar-refractivity contribution >= 4 is 29.8 Å². The van der Waals surface area contributed by atoms with Gasteiger partial charge in [0.25, 0.3) is 0 Å². The third-order valence-electron chi connectivity index (χ3n) is 8.84. The van der Waals surface area contributed by atoms with Gasteiger partial charge in [0.05, 0.1) is 25.5 Å². The number of carboxylic acids is 1. The number of nitrogens with two attached hydrogens (primary N) is 1. The van der Waals surface area contributed by atoms with Crippen LogP contribution in [-0.2, 0) is 28.7 Å². The number of likely N-dealkylation sites (tertiary alicyclic amines) is 2. The monoisotopic (exact) mass is 744 g/mol. The third kappa shape index (κ3) is 9.69. The third-order valence-corrected chi connectivity index (χ3v) is 8.84. The number of aromatic nitrogens is 2. The molecule has 0 spiro atoms. The number of carboxylic acid groups (broad SMARTS) is 1. The van der Waals surface area contributed by atoms with Gasteiger partial charge in [-0.05, 0) is 33.6 Å². The number of alkyl carbamates (subject to hydrolysis) is 1. The lowest BCUT2D eigenvalue weighted by Crippen LogP contribution is -2.46. The Bertz CT molecular complexity index is 1920. The molecular weight excluding hydrogens is 700 g/mol. The Morgan fingerprint density at radius 2 is 1.30 bits per heavy atom. The maximum absolute atomic E-state index is 12.7. The topological polar surface area (TPSA) is 221 Å². The van der Waals surface area contributed by atoms with Crippen LogP contribution in [0.15, 0.2) is 82.0 Å². The largest absolute Gasteiger partial charge is 0.480 e. The number of carbonyl (C=O) groups excluding carboxylic acids is 4. The van der Waals surface area contributed by atoms with Crippen LogP contribution in [0.25, 0.3) is 22.5 Å². The summed E-state index contributed by atoms with van der Waals surface area (Å²) in [5.74, 6) is -1.98. The molecule has 2 saturated heterocycles. The van der Waals surface area contributed by atoms with Crippen LogP contribution in [-0.4, -0.2) is 106 Å². The molecule has 16 heteroatoms. The zero-order valence-electron chi connectivity index (χ0n) is 30.5. The average Bonchev–Trinajstić information content (AvgIpc) is 3.99. The van der Waals surface area contributed by atoms with Crippen molar-refractivity contribution in [1.82, 2.24) is 25.1 Å². The fourth-order valence-corrected chi connectivity index (χ4v) is 6.29. The molecule has 4 aromatic rings. The number of nitrogens with zero attached hydrogens (tertiary/aromatic N) is 4. The zero-order chi connectivity index (χ0) is 39.0. The molecule has 0 aliphatic carbocycles. The summed E-state index contributed by atoms with van der Waals surface area (Å²) >= 11 is 0. The van der Waals surface area contributed by atoms with E-state index in [1.54, 1.807) is 33.3 Å². The summed E-state index contributed by atoms with van der Waals surface area (Å²) in [6, 6.07) is 17.5. The standard InChI is InChI=1S/C22H27N3O6.C16H17N3O4/c1-22(2,3)31-21(28)23-11-18(26)25-12-15(10-17(25)20(27)29-4)19-24-16(13-30-19)14-8-6-5-7-9-14;17-7-14(20)19-8-11(6-13(19)16(21)22)15-18-12(9-23-15)10-4-2-1-3-5-10/h5-9,13,15,17H,10-12H2,1-4H3,(H,23,28);1-5,9,11,13H,6-8,17H2,(H,21,22)/t15-,17+;11-,13+/m11/s1. The lowest BCUT2D eigenvalue weighted by molar-refractivity contribution is -0.150. The predicted molar refractivity (Wildman–Crippen MR) is 193 cm³/mol. The van der Waals surface area contributed by atoms with Gasteiger partial charge in [-0.25, -0.2) is 24.4 Å². The molecule has 0 bridgehead atoms. The van der Waals surface area contributed by atoms with E-state index in [2.05, 4.69) is 15.3 Å². The summed E-state index contributed by atoms with van der Waals surface area (Å²) in [7, 11) is 1.27. The number of carbonyl (C=O) groups is 5. The second-order valence-electron chi connectivity index (χ2n) is 13.8. The van der Waals surface area contributed by atoms with Crippen LogP contribution in [0.3, 0.4) is 0 Å². The maximum atomic E-state index is 12.7. The molecule has 2 aliphatic heterocycles. The van der Waals surface area contributed by atoms with Gasteiger partial charge in [-0.1, -0.05) is 60.7 Å². The molecule has 0 saturated carbocycles. The normalized spacial score (nSPS) is 19.4. The highest BCUT2D eigenvalue weighted by atomic mass is 16.6. The number of amides is 3. The number of benzene rings is 2. The molecule has 0 unspecified atom stereocenters. The Balaban J connectivity index is 0.000000217. The van der Waals surface area contributed by atoms with Crippen molar-refractivity contribution in [2.24, 2.45) is 5.73 Å². The summed E-state index contributed by atoms with van der Waals surface area (Å²) < 4.78 is 21.2. The molecule has 16 nitrogen and oxygen atoms in total. The first-order valence-electron chi connectivity index (χ1n) is 17.4. The van der Waals surface area contributed by atoms with E-state index >= 15 is 0 Å². The summed E-state index contributed by atoms with van der Waals surface area (Å²) in [6.07, 6.45) is 3.00. The summed E-state index contributed by atoms with van der Waals surface area (Å²) in [5.41, 5.74) is 7.88. The van der Waals surface area contributed by atoms with E-state index in [0.29, 0.717) is 29.6 Å². The minimum Gasteiger partial charge on any atom is -0.480 e. The van der Waals surface area contributed by atoms with E-state index < -0.39 is 41.6 Å². The van der Waals surface area contributed by atoms with Crippen LogP contribution < -0.4 is 11.1 Å². The first-order valence-corrected chi connectivity index (χ1v) is 17.4. The lowest BCUT2D eigenvalue weighted by atomic mass is 10.1. The maximum Gasteiger partial charge on any atom is 0.408 e. The van der Waals surface area contributed by atoms with Gasteiger partial charge in [0, 0.05) is 24.2 Å². The van der Waals surface area contributed by atoms with E-state index in [0.717, 1.165) is 11.1 Å². The highest BCUT2D eigenvalue weighted by Gasteiger charge is 2.43. The van der Waals surface area contributed by atoms with Crippen LogP contribution in [0.2, 0.25) is 0 Å². The smallest absolute Gasteiger partial charge is 0.408 e. The number of aliphatic carboxylic acids is 1. The van der Waals surface area contributed by atoms with Gasteiger partial charge in [0.2, 0.25) is 11.8 Å². The molecule has 6 rings (SSSR count). The van der Waals surface area contributed by atoms with Crippen LogP contribution in [0, 0.1) is 0 Å². The molecule has 54 heavy (non-hydrogen) atoms. The van der Waals surface area contributed by atoms with Crippen LogP contribution in [0.1, 0.15) is 57.2 Å². The average molecular weight is 745 g/mol. The van der Waals surface area contributed by atoms with E-state index in [4.69, 9.17) is 24.0 Å². The molecule has 0 radical (unpaired) electrons. The Hall–Kier alpha value is -6.03. The fourth-order valence-electron chi connectivity index (χ4n) is 6.29. The van der Waals surface area contributed by atoms with Gasteiger partial charge in [-0.3, -0.25) is 9.59 Å². The highest BCUT2D eigenvalue weighted by Crippen LogP contribution is 2.34. The van der Waals surface area contributed by atoms with E-state index in [1.807, 2.05) is 60.7 Å². The van der Waals surface area contributed by atoms with Crippen LogP contribution in [0.5, 0.6) is 0 Å². The number of hydrogen-bond acceptors (Lipinski definition) is 12. The number of oxazole rings is 2. The molecule has 3 amide bonds. The van der Waals surface area contributed by atoms with Gasteiger partial charge in [-0.15, -0.1) is 0 Å². The van der Waals surface area contributed by atoms with Gasteiger partial charge < -0.3 is 44.3 Å². The van der Waals surface area contributed by atoms with Crippen LogP contribution >= 0.6 is 0 Å². The van der Waals surface area contributed by atoms with Crippen molar-refractivity contribution in [1.29, 1.82) is 0 Å². The minimum atomic E-state index is -1.04. The second-order valence-corrected chi connectivity index (χ2v) is 13.8. The Morgan fingerprint density at radius 1 is 0.815 bits per heavy atom. The number of methoxy groups -OCH3 is 1.